The summed E-state index contributed by atoms with van der Waals surface area (Å²) in [5, 5.41) is 0. The molecule has 0 radical (unpaired) electrons. The van der Waals surface area contributed by atoms with Gasteiger partial charge in [-0.25, -0.2) is 12.7 Å². The molecule has 22 heavy (non-hydrogen) atoms. The van der Waals surface area contributed by atoms with Crippen molar-refractivity contribution in [3.8, 4) is 0 Å². The first kappa shape index (κ1) is 17.5. The summed E-state index contributed by atoms with van der Waals surface area (Å²) in [4.78, 5) is 12.9. The van der Waals surface area contributed by atoms with Crippen molar-refractivity contribution in [3.05, 3.63) is 29.8 Å². The number of hydrogen-bond acceptors (Lipinski definition) is 3. The van der Waals surface area contributed by atoms with Gasteiger partial charge in [-0.15, -0.1) is 0 Å². The molecule has 1 heterocycles. The molecule has 0 aromatic heterocycles. The summed E-state index contributed by atoms with van der Waals surface area (Å²) in [5.74, 6) is -0.446. The third-order valence-electron chi connectivity index (χ3n) is 4.43. The Morgan fingerprint density at radius 2 is 1.73 bits per heavy atom. The van der Waals surface area contributed by atoms with Crippen LogP contribution in [0, 0.1) is 18.3 Å². The van der Waals surface area contributed by atoms with Crippen LogP contribution in [-0.4, -0.2) is 29.5 Å². The van der Waals surface area contributed by atoms with E-state index in [9.17, 15) is 13.2 Å². The van der Waals surface area contributed by atoms with Gasteiger partial charge in [0.2, 0.25) is 5.91 Å². The first-order valence-electron chi connectivity index (χ1n) is 7.21. The molecule has 1 unspecified atom stereocenters. The van der Waals surface area contributed by atoms with Crippen molar-refractivity contribution in [2.24, 2.45) is 11.3 Å². The van der Waals surface area contributed by atoms with Crippen molar-refractivity contribution in [2.75, 3.05) is 6.54 Å². The summed E-state index contributed by atoms with van der Waals surface area (Å²) in [5.41, 5.74) is 0.247. The van der Waals surface area contributed by atoms with Crippen LogP contribution in [0.3, 0.4) is 0 Å². The zero-order valence-corrected chi connectivity index (χ0v) is 16.0. The van der Waals surface area contributed by atoms with Gasteiger partial charge in [0.15, 0.2) is 0 Å². The molecule has 0 bridgehead atoms. The normalized spacial score (nSPS) is 22.2. The van der Waals surface area contributed by atoms with Gasteiger partial charge in [-0.05, 0) is 32.9 Å². The highest BCUT2D eigenvalue weighted by Crippen LogP contribution is 2.47. The van der Waals surface area contributed by atoms with E-state index in [1.165, 1.54) is 0 Å². The molecule has 122 valence electrons. The molecule has 1 aromatic rings. The van der Waals surface area contributed by atoms with Crippen LogP contribution >= 0.6 is 15.9 Å². The van der Waals surface area contributed by atoms with E-state index in [2.05, 4.69) is 15.9 Å². The van der Waals surface area contributed by atoms with Crippen molar-refractivity contribution in [1.29, 1.82) is 0 Å². The number of hydrogen-bond donors (Lipinski definition) is 0. The quantitative estimate of drug-likeness (QED) is 0.747. The second-order valence-corrected chi connectivity index (χ2v) is 10.9. The smallest absolute Gasteiger partial charge is 0.266 e. The lowest BCUT2D eigenvalue weighted by atomic mass is 9.75. The summed E-state index contributed by atoms with van der Waals surface area (Å²) >= 11 is 3.59. The van der Waals surface area contributed by atoms with Crippen LogP contribution in [0.5, 0.6) is 0 Å². The van der Waals surface area contributed by atoms with Gasteiger partial charge in [0.25, 0.3) is 10.0 Å². The molecule has 0 spiro atoms. The minimum Gasteiger partial charge on any atom is -0.273 e. The first-order chi connectivity index (χ1) is 9.88. The number of rotatable bonds is 3. The third kappa shape index (κ3) is 2.83. The van der Waals surface area contributed by atoms with Crippen molar-refractivity contribution < 1.29 is 13.2 Å². The van der Waals surface area contributed by atoms with Crippen molar-refractivity contribution in [1.82, 2.24) is 4.31 Å². The molecule has 1 aliphatic rings. The fraction of sp³-hybridized carbons (Fsp3) is 0.562. The number of carbonyl (C=O) groups is 1. The van der Waals surface area contributed by atoms with E-state index in [1.54, 1.807) is 24.3 Å². The molecule has 1 aliphatic heterocycles. The largest absolute Gasteiger partial charge is 0.273 e. The standard InChI is InChI=1S/C16H22BrNO3S/c1-11-6-8-12(9-7-11)22(20,21)18-10-13(16(4,5)17)15(2,3)14(18)19/h6-9,13H,10H2,1-5H3. The van der Waals surface area contributed by atoms with Crippen molar-refractivity contribution >= 4 is 31.9 Å². The van der Waals surface area contributed by atoms with Crippen molar-refractivity contribution in [3.63, 3.8) is 0 Å². The van der Waals surface area contributed by atoms with Crippen LogP contribution < -0.4 is 0 Å². The van der Waals surface area contributed by atoms with E-state index in [-0.39, 0.29) is 27.6 Å². The van der Waals surface area contributed by atoms with Crippen LogP contribution in [0.15, 0.2) is 29.2 Å². The lowest BCUT2D eigenvalue weighted by molar-refractivity contribution is -0.131. The number of halogens is 1. The Bertz CT molecular complexity index is 687. The van der Waals surface area contributed by atoms with E-state index in [1.807, 2.05) is 34.6 Å². The van der Waals surface area contributed by atoms with Gasteiger partial charge in [0, 0.05) is 16.8 Å². The molecule has 2 rings (SSSR count). The van der Waals surface area contributed by atoms with Gasteiger partial charge < -0.3 is 0 Å². The molecule has 0 saturated carbocycles. The van der Waals surface area contributed by atoms with Gasteiger partial charge in [0.05, 0.1) is 10.3 Å². The highest BCUT2D eigenvalue weighted by atomic mass is 79.9. The van der Waals surface area contributed by atoms with E-state index >= 15 is 0 Å². The number of nitrogens with zero attached hydrogens (tertiary/aromatic N) is 1. The Morgan fingerprint density at radius 3 is 2.14 bits per heavy atom. The van der Waals surface area contributed by atoms with Crippen molar-refractivity contribution in [2.45, 2.75) is 43.8 Å². The van der Waals surface area contributed by atoms with Crippen LogP contribution in [-0.2, 0) is 14.8 Å². The predicted octanol–water partition coefficient (Wildman–Crippen LogP) is 3.34. The number of aryl methyl sites for hydroxylation is 1. The maximum Gasteiger partial charge on any atom is 0.266 e. The lowest BCUT2D eigenvalue weighted by Gasteiger charge is -2.32. The topological polar surface area (TPSA) is 54.5 Å². The maximum atomic E-state index is 12.8. The van der Waals surface area contributed by atoms with E-state index in [0.717, 1.165) is 9.87 Å². The maximum absolute atomic E-state index is 12.8. The highest BCUT2D eigenvalue weighted by Gasteiger charge is 2.55. The summed E-state index contributed by atoms with van der Waals surface area (Å²) in [7, 11) is -3.81. The predicted molar refractivity (Wildman–Crippen MR) is 90.4 cm³/mol. The second kappa shape index (κ2) is 5.34. The second-order valence-electron chi connectivity index (χ2n) is 6.99. The van der Waals surface area contributed by atoms with Crippen LogP contribution in [0.4, 0.5) is 0 Å². The molecule has 1 aromatic carbocycles. The molecule has 0 aliphatic carbocycles. The highest BCUT2D eigenvalue weighted by molar-refractivity contribution is 9.10. The Morgan fingerprint density at radius 1 is 1.23 bits per heavy atom. The van der Waals surface area contributed by atoms with Crippen LogP contribution in [0.25, 0.3) is 0 Å². The fourth-order valence-electron chi connectivity index (χ4n) is 3.07. The average molecular weight is 388 g/mol. The van der Waals surface area contributed by atoms with Gasteiger partial charge in [0.1, 0.15) is 0 Å². The summed E-state index contributed by atoms with van der Waals surface area (Å²) in [6.45, 7) is 9.65. The number of carbonyl (C=O) groups excluding carboxylic acids is 1. The van der Waals surface area contributed by atoms with E-state index in [0.29, 0.717) is 0 Å². The van der Waals surface area contributed by atoms with E-state index in [4.69, 9.17) is 0 Å². The molecular formula is C16H22BrNO3S. The molecule has 1 amide bonds. The number of alkyl halides is 1. The minimum absolute atomic E-state index is 0.104. The monoisotopic (exact) mass is 387 g/mol. The van der Waals surface area contributed by atoms with Gasteiger partial charge in [-0.2, -0.15) is 0 Å². The minimum atomic E-state index is -3.81. The summed E-state index contributed by atoms with van der Waals surface area (Å²) < 4.78 is 26.3. The molecule has 1 saturated heterocycles. The molecule has 1 fully saturated rings. The van der Waals surface area contributed by atoms with Crippen LogP contribution in [0.1, 0.15) is 33.3 Å². The first-order valence-corrected chi connectivity index (χ1v) is 9.44. The fourth-order valence-corrected chi connectivity index (χ4v) is 5.32. The average Bonchev–Trinajstić information content (AvgIpc) is 2.61. The Kier molecular flexibility index (Phi) is 4.24. The molecular weight excluding hydrogens is 366 g/mol. The van der Waals surface area contributed by atoms with Gasteiger partial charge in [-0.1, -0.05) is 47.5 Å². The van der Waals surface area contributed by atoms with Gasteiger partial charge in [-0.3, -0.25) is 4.79 Å². The molecule has 6 heteroatoms. The zero-order valence-electron chi connectivity index (χ0n) is 13.6. The number of sulfonamides is 1. The SMILES string of the molecule is Cc1ccc(S(=O)(=O)N2CC(C(C)(C)Br)C(C)(C)C2=O)cc1. The van der Waals surface area contributed by atoms with Crippen LogP contribution in [0.2, 0.25) is 0 Å². The number of benzene rings is 1. The Hall–Kier alpha value is -0.880. The lowest BCUT2D eigenvalue weighted by Crippen LogP contribution is -2.38. The summed E-state index contributed by atoms with van der Waals surface area (Å²) in [6, 6.07) is 6.59. The van der Waals surface area contributed by atoms with Gasteiger partial charge >= 0.3 is 0 Å². The third-order valence-corrected chi connectivity index (χ3v) is 6.75. The number of amides is 1. The summed E-state index contributed by atoms with van der Waals surface area (Å²) in [6.07, 6.45) is 0. The van der Waals surface area contributed by atoms with E-state index < -0.39 is 15.4 Å². The Balaban J connectivity index is 2.45. The molecule has 4 nitrogen and oxygen atoms in total. The Labute approximate surface area is 141 Å². The zero-order chi connectivity index (χ0) is 16.9. The molecule has 1 atom stereocenters. The molecule has 0 N–H and O–H groups in total.